The van der Waals surface area contributed by atoms with Crippen LogP contribution in [0.4, 0.5) is 0 Å². The van der Waals surface area contributed by atoms with E-state index in [1.807, 2.05) is 18.2 Å². The van der Waals surface area contributed by atoms with Gasteiger partial charge in [0.2, 0.25) is 11.4 Å². The van der Waals surface area contributed by atoms with Crippen molar-refractivity contribution >= 4 is 5.91 Å². The monoisotopic (exact) mass is 381 g/mol. The van der Waals surface area contributed by atoms with Gasteiger partial charge in [-0.05, 0) is 28.6 Å². The van der Waals surface area contributed by atoms with Crippen LogP contribution in [0.3, 0.4) is 0 Å². The summed E-state index contributed by atoms with van der Waals surface area (Å²) in [4.78, 5) is 15.2. The molecule has 4 aromatic rings. The fourth-order valence-electron chi connectivity index (χ4n) is 4.15. The Kier molecular flexibility index (Phi) is 2.87. The van der Waals surface area contributed by atoms with Crippen LogP contribution in [0.25, 0.3) is 11.4 Å². The summed E-state index contributed by atoms with van der Waals surface area (Å²) in [6, 6.07) is 16.7. The minimum Gasteiger partial charge on any atom is -0.304 e. The van der Waals surface area contributed by atoms with Gasteiger partial charge in [-0.3, -0.25) is 4.79 Å². The standard InChI is InChI=1S/C19H11N9O/c20-11-19-14-6-2-4-8-16(14)27-12(9-21-24-27)10-26(19)17(29)13-5-1-3-7-15(13)28-18(19)22-23-25-28/h1-9H,10H2. The Hall–Kier alpha value is -4.39. The maximum Gasteiger partial charge on any atom is 0.258 e. The lowest BCUT2D eigenvalue weighted by atomic mass is 9.87. The molecule has 1 amide bonds. The summed E-state index contributed by atoms with van der Waals surface area (Å²) in [5.74, 6) is -0.0524. The number of para-hydroxylation sites is 2. The van der Waals surface area contributed by atoms with Crippen LogP contribution in [0.5, 0.6) is 0 Å². The zero-order chi connectivity index (χ0) is 19.6. The highest BCUT2D eigenvalue weighted by molar-refractivity contribution is 5.99. The summed E-state index contributed by atoms with van der Waals surface area (Å²) in [6.07, 6.45) is 1.59. The van der Waals surface area contributed by atoms with Crippen LogP contribution in [-0.4, -0.2) is 46.0 Å². The number of hydrogen-bond acceptors (Lipinski definition) is 7. The summed E-state index contributed by atoms with van der Waals surface area (Å²) in [7, 11) is 0. The Morgan fingerprint density at radius 2 is 1.79 bits per heavy atom. The van der Waals surface area contributed by atoms with Crippen LogP contribution in [0, 0.1) is 11.3 Å². The van der Waals surface area contributed by atoms with E-state index in [9.17, 15) is 10.1 Å². The Bertz CT molecular complexity index is 1350. The van der Waals surface area contributed by atoms with Gasteiger partial charge in [-0.25, -0.2) is 4.68 Å². The number of aromatic nitrogens is 7. The van der Waals surface area contributed by atoms with Gasteiger partial charge in [-0.1, -0.05) is 35.5 Å². The van der Waals surface area contributed by atoms with E-state index in [0.29, 0.717) is 28.2 Å². The molecule has 0 fully saturated rings. The number of benzene rings is 2. The number of tetrazole rings is 1. The average molecular weight is 381 g/mol. The van der Waals surface area contributed by atoms with Crippen LogP contribution in [0.1, 0.15) is 27.4 Å². The quantitative estimate of drug-likeness (QED) is 0.445. The van der Waals surface area contributed by atoms with Crippen LogP contribution >= 0.6 is 0 Å². The van der Waals surface area contributed by atoms with E-state index in [-0.39, 0.29) is 18.3 Å². The van der Waals surface area contributed by atoms with Gasteiger partial charge in [0, 0.05) is 5.56 Å². The van der Waals surface area contributed by atoms with E-state index in [1.165, 1.54) is 9.58 Å². The first-order valence-corrected chi connectivity index (χ1v) is 8.86. The molecule has 10 heteroatoms. The number of nitrogens with zero attached hydrogens (tertiary/aromatic N) is 9. The second-order valence-electron chi connectivity index (χ2n) is 6.80. The lowest BCUT2D eigenvalue weighted by Gasteiger charge is -2.34. The lowest BCUT2D eigenvalue weighted by Crippen LogP contribution is -2.48. The molecule has 138 valence electrons. The fourth-order valence-corrected chi connectivity index (χ4v) is 4.15. The topological polar surface area (TPSA) is 118 Å². The predicted molar refractivity (Wildman–Crippen MR) is 96.8 cm³/mol. The van der Waals surface area contributed by atoms with Crippen molar-refractivity contribution in [2.24, 2.45) is 0 Å². The zero-order valence-electron chi connectivity index (χ0n) is 14.8. The first-order chi connectivity index (χ1) is 14.3. The van der Waals surface area contributed by atoms with Crippen molar-refractivity contribution < 1.29 is 4.79 Å². The molecule has 0 bridgehead atoms. The third-order valence-corrected chi connectivity index (χ3v) is 5.43. The van der Waals surface area contributed by atoms with E-state index in [1.54, 1.807) is 41.2 Å². The molecule has 2 aromatic carbocycles. The molecule has 4 heterocycles. The zero-order valence-corrected chi connectivity index (χ0v) is 14.8. The summed E-state index contributed by atoms with van der Waals surface area (Å²) < 4.78 is 3.12. The SMILES string of the molecule is N#CC12c3ccccc3-n3nncc3CN1C(=O)c1ccccc1-n1nnnc12. The number of nitriles is 1. The van der Waals surface area contributed by atoms with E-state index >= 15 is 0 Å². The Morgan fingerprint density at radius 1 is 1.00 bits per heavy atom. The average Bonchev–Trinajstić information content (AvgIpc) is 3.40. The molecular weight excluding hydrogens is 370 g/mol. The number of carbonyl (C=O) groups excluding carboxylic acids is 1. The molecule has 2 aliphatic rings. The molecule has 0 aliphatic carbocycles. The van der Waals surface area contributed by atoms with Crippen molar-refractivity contribution in [1.29, 1.82) is 5.26 Å². The number of fused-ring (bicyclic) bond motifs is 9. The normalized spacial score (nSPS) is 19.0. The molecule has 10 nitrogen and oxygen atoms in total. The highest BCUT2D eigenvalue weighted by Crippen LogP contribution is 2.44. The van der Waals surface area contributed by atoms with Crippen molar-refractivity contribution in [3.8, 4) is 17.4 Å². The molecule has 2 aliphatic heterocycles. The van der Waals surface area contributed by atoms with Crippen LogP contribution in [0.15, 0.2) is 54.7 Å². The summed E-state index contributed by atoms with van der Waals surface area (Å²) >= 11 is 0. The highest BCUT2D eigenvalue weighted by Gasteiger charge is 2.53. The molecule has 0 saturated heterocycles. The van der Waals surface area contributed by atoms with Crippen LogP contribution in [0.2, 0.25) is 0 Å². The van der Waals surface area contributed by atoms with Crippen molar-refractivity contribution in [2.75, 3.05) is 0 Å². The van der Waals surface area contributed by atoms with Crippen LogP contribution < -0.4 is 0 Å². The Morgan fingerprint density at radius 3 is 2.66 bits per heavy atom. The van der Waals surface area contributed by atoms with Gasteiger partial charge in [0.25, 0.3) is 5.91 Å². The Balaban J connectivity index is 1.80. The van der Waals surface area contributed by atoms with E-state index < -0.39 is 5.54 Å². The first kappa shape index (κ1) is 15.6. The summed E-state index contributed by atoms with van der Waals surface area (Å²) in [5.41, 5.74) is 1.29. The molecule has 1 atom stereocenters. The molecular formula is C19H11N9O. The first-order valence-electron chi connectivity index (χ1n) is 8.86. The van der Waals surface area contributed by atoms with Crippen molar-refractivity contribution in [3.63, 3.8) is 0 Å². The predicted octanol–water partition coefficient (Wildman–Crippen LogP) is 0.980. The molecule has 0 saturated carbocycles. The van der Waals surface area contributed by atoms with Gasteiger partial charge in [-0.15, -0.1) is 10.2 Å². The van der Waals surface area contributed by atoms with Gasteiger partial charge < -0.3 is 4.90 Å². The van der Waals surface area contributed by atoms with Crippen molar-refractivity contribution in [1.82, 2.24) is 40.1 Å². The second-order valence-corrected chi connectivity index (χ2v) is 6.80. The minimum absolute atomic E-state index is 0.120. The van der Waals surface area contributed by atoms with E-state index in [0.717, 1.165) is 0 Å². The van der Waals surface area contributed by atoms with Crippen molar-refractivity contribution in [2.45, 2.75) is 12.1 Å². The third kappa shape index (κ3) is 1.78. The number of rotatable bonds is 0. The lowest BCUT2D eigenvalue weighted by molar-refractivity contribution is 0.0612. The highest BCUT2D eigenvalue weighted by atomic mass is 16.2. The van der Waals surface area contributed by atoms with Gasteiger partial charge in [0.1, 0.15) is 6.07 Å². The molecule has 1 unspecified atom stereocenters. The molecule has 0 spiro atoms. The van der Waals surface area contributed by atoms with Crippen molar-refractivity contribution in [3.05, 3.63) is 77.4 Å². The third-order valence-electron chi connectivity index (χ3n) is 5.43. The molecule has 0 radical (unpaired) electrons. The fraction of sp³-hybridized carbons (Fsp3) is 0.105. The molecule has 0 N–H and O–H groups in total. The van der Waals surface area contributed by atoms with E-state index in [2.05, 4.69) is 31.9 Å². The van der Waals surface area contributed by atoms with Crippen LogP contribution in [-0.2, 0) is 12.1 Å². The largest absolute Gasteiger partial charge is 0.304 e. The van der Waals surface area contributed by atoms with E-state index in [4.69, 9.17) is 0 Å². The second kappa shape index (κ2) is 5.32. The molecule has 6 rings (SSSR count). The van der Waals surface area contributed by atoms with Gasteiger partial charge >= 0.3 is 0 Å². The van der Waals surface area contributed by atoms with Gasteiger partial charge in [-0.2, -0.15) is 9.94 Å². The maximum absolute atomic E-state index is 13.7. The van der Waals surface area contributed by atoms with Gasteiger partial charge in [0.15, 0.2) is 0 Å². The Labute approximate surface area is 163 Å². The molecule has 29 heavy (non-hydrogen) atoms. The number of hydrogen-bond donors (Lipinski definition) is 0. The maximum atomic E-state index is 13.7. The summed E-state index contributed by atoms with van der Waals surface area (Å²) in [6.45, 7) is 0.120. The summed E-state index contributed by atoms with van der Waals surface area (Å²) in [5, 5.41) is 30.9. The molecule has 2 aromatic heterocycles. The van der Waals surface area contributed by atoms with Gasteiger partial charge in [0.05, 0.1) is 35.4 Å². The minimum atomic E-state index is -1.54. The smallest absolute Gasteiger partial charge is 0.258 e. The number of amides is 1. The number of carbonyl (C=O) groups is 1.